The predicted octanol–water partition coefficient (Wildman–Crippen LogP) is 1.48. The van der Waals surface area contributed by atoms with Gasteiger partial charge >= 0.3 is 6.03 Å². The summed E-state index contributed by atoms with van der Waals surface area (Å²) in [5, 5.41) is 2.11. The van der Waals surface area contributed by atoms with Crippen molar-refractivity contribution in [3.05, 3.63) is 30.1 Å². The largest absolute Gasteiger partial charge is 0.323 e. The Morgan fingerprint density at radius 3 is 2.53 bits per heavy atom. The van der Waals surface area contributed by atoms with Crippen LogP contribution >= 0.6 is 0 Å². The molecule has 104 valence electrons. The summed E-state index contributed by atoms with van der Waals surface area (Å²) in [5.74, 6) is -0.378. The van der Waals surface area contributed by atoms with E-state index in [4.69, 9.17) is 0 Å². The third-order valence-corrected chi connectivity index (χ3v) is 4.73. The standard InChI is InChI=1S/C12H15FN2O3S/c1-19(17,18)11-6-7-15(8-11)12(16)14-10-4-2-9(13)3-5-10/h2-5,11H,6-8H2,1H3,(H,14,16)/t11-/m0/s1. The zero-order valence-corrected chi connectivity index (χ0v) is 11.3. The molecule has 7 heteroatoms. The number of hydrogen-bond acceptors (Lipinski definition) is 3. The average Bonchev–Trinajstić information content (AvgIpc) is 2.81. The Morgan fingerprint density at radius 1 is 1.37 bits per heavy atom. The van der Waals surface area contributed by atoms with Crippen LogP contribution in [0.4, 0.5) is 14.9 Å². The van der Waals surface area contributed by atoms with E-state index in [1.807, 2.05) is 0 Å². The van der Waals surface area contributed by atoms with Gasteiger partial charge in [0.15, 0.2) is 9.84 Å². The van der Waals surface area contributed by atoms with Gasteiger partial charge in [0.1, 0.15) is 5.82 Å². The molecule has 0 unspecified atom stereocenters. The second-order valence-corrected chi connectivity index (χ2v) is 6.95. The second-order valence-electron chi connectivity index (χ2n) is 4.62. The molecule has 1 fully saturated rings. The Hall–Kier alpha value is -1.63. The Bertz CT molecular complexity index is 571. The first-order chi connectivity index (χ1) is 8.86. The number of amides is 2. The first-order valence-electron chi connectivity index (χ1n) is 5.86. The summed E-state index contributed by atoms with van der Waals surface area (Å²) in [6.45, 7) is 0.608. The van der Waals surface area contributed by atoms with Crippen molar-refractivity contribution in [2.75, 3.05) is 24.7 Å². The lowest BCUT2D eigenvalue weighted by Gasteiger charge is -2.17. The lowest BCUT2D eigenvalue weighted by molar-refractivity contribution is 0.222. The number of rotatable bonds is 2. The van der Waals surface area contributed by atoms with Crippen LogP contribution < -0.4 is 5.32 Å². The van der Waals surface area contributed by atoms with Gasteiger partial charge < -0.3 is 10.2 Å². The van der Waals surface area contributed by atoms with Gasteiger partial charge in [-0.3, -0.25) is 0 Å². The van der Waals surface area contributed by atoms with Gasteiger partial charge in [0.05, 0.1) is 5.25 Å². The molecular formula is C12H15FN2O3S. The number of hydrogen-bond donors (Lipinski definition) is 1. The van der Waals surface area contributed by atoms with Crippen molar-refractivity contribution in [1.82, 2.24) is 4.90 Å². The number of benzene rings is 1. The van der Waals surface area contributed by atoms with Gasteiger partial charge in [-0.15, -0.1) is 0 Å². The Balaban J connectivity index is 1.97. The Morgan fingerprint density at radius 2 is 2.00 bits per heavy atom. The maximum atomic E-state index is 12.7. The Kier molecular flexibility index (Phi) is 3.75. The minimum Gasteiger partial charge on any atom is -0.323 e. The molecule has 0 aromatic heterocycles. The van der Waals surface area contributed by atoms with Crippen LogP contribution in [0, 0.1) is 5.82 Å². The van der Waals surface area contributed by atoms with Crippen molar-refractivity contribution in [2.45, 2.75) is 11.7 Å². The minimum absolute atomic E-state index is 0.200. The fourth-order valence-corrected chi connectivity index (χ4v) is 2.98. The quantitative estimate of drug-likeness (QED) is 0.895. The molecule has 1 aliphatic rings. The van der Waals surface area contributed by atoms with E-state index < -0.39 is 15.1 Å². The van der Waals surface area contributed by atoms with Gasteiger partial charge in [-0.2, -0.15) is 0 Å². The fraction of sp³-hybridized carbons (Fsp3) is 0.417. The van der Waals surface area contributed by atoms with E-state index in [1.54, 1.807) is 0 Å². The maximum absolute atomic E-state index is 12.7. The van der Waals surface area contributed by atoms with Crippen LogP contribution in [0.15, 0.2) is 24.3 Å². The average molecular weight is 286 g/mol. The van der Waals surface area contributed by atoms with E-state index in [1.165, 1.54) is 35.4 Å². The number of carbonyl (C=O) groups is 1. The molecule has 1 heterocycles. The molecule has 0 radical (unpaired) electrons. The topological polar surface area (TPSA) is 66.5 Å². The van der Waals surface area contributed by atoms with Crippen LogP contribution in [-0.4, -0.2) is 43.9 Å². The highest BCUT2D eigenvalue weighted by Gasteiger charge is 2.32. The van der Waals surface area contributed by atoms with Gasteiger partial charge in [0, 0.05) is 25.0 Å². The van der Waals surface area contributed by atoms with Gasteiger partial charge in [0.2, 0.25) is 0 Å². The molecule has 0 spiro atoms. The number of halogens is 1. The van der Waals surface area contributed by atoms with Crippen LogP contribution in [0.3, 0.4) is 0 Å². The number of anilines is 1. The van der Waals surface area contributed by atoms with Gasteiger partial charge in [0.25, 0.3) is 0 Å². The normalized spacial score (nSPS) is 19.5. The van der Waals surface area contributed by atoms with Crippen molar-refractivity contribution in [2.24, 2.45) is 0 Å². The predicted molar refractivity (Wildman–Crippen MR) is 70.2 cm³/mol. The fourth-order valence-electron chi connectivity index (χ4n) is 2.00. The van der Waals surface area contributed by atoms with E-state index in [0.717, 1.165) is 0 Å². The second kappa shape index (κ2) is 5.16. The number of nitrogens with zero attached hydrogens (tertiary/aromatic N) is 1. The first-order valence-corrected chi connectivity index (χ1v) is 7.82. The minimum atomic E-state index is -3.12. The van der Waals surface area contributed by atoms with Crippen molar-refractivity contribution >= 4 is 21.6 Å². The van der Waals surface area contributed by atoms with E-state index in [2.05, 4.69) is 5.32 Å². The number of carbonyl (C=O) groups excluding carboxylic acids is 1. The molecule has 1 atom stereocenters. The summed E-state index contributed by atoms with van der Waals surface area (Å²) in [6.07, 6.45) is 1.63. The van der Waals surface area contributed by atoms with Crippen LogP contribution in [-0.2, 0) is 9.84 Å². The Labute approximate surface area is 111 Å². The summed E-state index contributed by atoms with van der Waals surface area (Å²) >= 11 is 0. The third-order valence-electron chi connectivity index (χ3n) is 3.13. The number of nitrogens with one attached hydrogen (secondary N) is 1. The molecule has 19 heavy (non-hydrogen) atoms. The van der Waals surface area contributed by atoms with Crippen LogP contribution in [0.5, 0.6) is 0 Å². The van der Waals surface area contributed by atoms with Gasteiger partial charge in [-0.25, -0.2) is 17.6 Å². The summed E-state index contributed by atoms with van der Waals surface area (Å²) in [7, 11) is -3.12. The van der Waals surface area contributed by atoms with Gasteiger partial charge in [-0.05, 0) is 30.7 Å². The summed E-state index contributed by atoms with van der Waals surface area (Å²) in [5.41, 5.74) is 0.481. The number of likely N-dealkylation sites (tertiary alicyclic amines) is 1. The molecule has 2 amide bonds. The molecule has 1 N–H and O–H groups in total. The smallest absolute Gasteiger partial charge is 0.321 e. The maximum Gasteiger partial charge on any atom is 0.321 e. The molecule has 0 bridgehead atoms. The lowest BCUT2D eigenvalue weighted by atomic mass is 10.3. The first kappa shape index (κ1) is 13.8. The van der Waals surface area contributed by atoms with Crippen LogP contribution in [0.2, 0.25) is 0 Å². The molecule has 1 aliphatic heterocycles. The highest BCUT2D eigenvalue weighted by atomic mass is 32.2. The highest BCUT2D eigenvalue weighted by molar-refractivity contribution is 7.91. The molecule has 1 saturated heterocycles. The van der Waals surface area contributed by atoms with Crippen LogP contribution in [0.1, 0.15) is 6.42 Å². The zero-order chi connectivity index (χ0) is 14.0. The summed E-state index contributed by atoms with van der Waals surface area (Å²) in [4.78, 5) is 13.4. The molecule has 1 aromatic carbocycles. The van der Waals surface area contributed by atoms with Crippen molar-refractivity contribution in [3.63, 3.8) is 0 Å². The van der Waals surface area contributed by atoms with E-state index in [9.17, 15) is 17.6 Å². The van der Waals surface area contributed by atoms with Gasteiger partial charge in [-0.1, -0.05) is 0 Å². The summed E-state index contributed by atoms with van der Waals surface area (Å²) in [6, 6.07) is 5.05. The molecule has 5 nitrogen and oxygen atoms in total. The SMILES string of the molecule is CS(=O)(=O)[C@H]1CCN(C(=O)Nc2ccc(F)cc2)C1. The molecule has 0 aliphatic carbocycles. The number of sulfone groups is 1. The molecular weight excluding hydrogens is 271 g/mol. The number of urea groups is 1. The van der Waals surface area contributed by atoms with Crippen LogP contribution in [0.25, 0.3) is 0 Å². The lowest BCUT2D eigenvalue weighted by Crippen LogP contribution is -2.34. The van der Waals surface area contributed by atoms with Crippen molar-refractivity contribution in [1.29, 1.82) is 0 Å². The van der Waals surface area contributed by atoms with E-state index in [-0.39, 0.29) is 18.4 Å². The monoisotopic (exact) mass is 286 g/mol. The molecule has 2 rings (SSSR count). The third kappa shape index (κ3) is 3.44. The van der Waals surface area contributed by atoms with E-state index >= 15 is 0 Å². The highest BCUT2D eigenvalue weighted by Crippen LogP contribution is 2.17. The van der Waals surface area contributed by atoms with E-state index in [0.29, 0.717) is 18.7 Å². The van der Waals surface area contributed by atoms with Crippen molar-refractivity contribution < 1.29 is 17.6 Å². The van der Waals surface area contributed by atoms with Crippen molar-refractivity contribution in [3.8, 4) is 0 Å². The molecule has 0 saturated carbocycles. The summed E-state index contributed by atoms with van der Waals surface area (Å²) < 4.78 is 35.5. The molecule has 1 aromatic rings. The zero-order valence-electron chi connectivity index (χ0n) is 10.5.